The van der Waals surface area contributed by atoms with Crippen molar-refractivity contribution in [2.75, 3.05) is 0 Å². The maximum Gasteiger partial charge on any atom is -0.0383 e. The van der Waals surface area contributed by atoms with Crippen molar-refractivity contribution >= 4 is 0 Å². The summed E-state index contributed by atoms with van der Waals surface area (Å²) < 4.78 is 0. The van der Waals surface area contributed by atoms with Gasteiger partial charge in [-0.3, -0.25) is 0 Å². The molecule has 0 spiro atoms. The third kappa shape index (κ3) is 3.00. The van der Waals surface area contributed by atoms with Gasteiger partial charge in [0.05, 0.1) is 0 Å². The molecule has 0 bridgehead atoms. The summed E-state index contributed by atoms with van der Waals surface area (Å²) in [4.78, 5) is 0. The van der Waals surface area contributed by atoms with Crippen molar-refractivity contribution < 1.29 is 0 Å². The Balaban J connectivity index is 2.04. The van der Waals surface area contributed by atoms with Gasteiger partial charge in [-0.25, -0.2) is 0 Å². The lowest BCUT2D eigenvalue weighted by molar-refractivity contribution is 0.0911. The molecule has 84 valence electrons. The summed E-state index contributed by atoms with van der Waals surface area (Å²) in [6.45, 7) is 9.52. The minimum absolute atomic E-state index is 1.00. The van der Waals surface area contributed by atoms with Crippen LogP contribution in [-0.4, -0.2) is 0 Å². The Morgan fingerprint density at radius 1 is 1.14 bits per heavy atom. The van der Waals surface area contributed by atoms with Crippen molar-refractivity contribution in [3.63, 3.8) is 0 Å². The quantitative estimate of drug-likeness (QED) is 0.567. The Bertz CT molecular complexity index is 146. The molecule has 3 unspecified atom stereocenters. The van der Waals surface area contributed by atoms with Gasteiger partial charge in [0, 0.05) is 0 Å². The molecule has 1 saturated carbocycles. The topological polar surface area (TPSA) is 0 Å². The summed E-state index contributed by atoms with van der Waals surface area (Å²) in [6.07, 6.45) is 8.73. The van der Waals surface area contributed by atoms with E-state index in [2.05, 4.69) is 27.7 Å². The van der Waals surface area contributed by atoms with Crippen LogP contribution in [0.1, 0.15) is 66.2 Å². The third-order valence-corrected chi connectivity index (χ3v) is 4.66. The average Bonchev–Trinajstić information content (AvgIpc) is 2.22. The fourth-order valence-corrected chi connectivity index (χ4v) is 2.92. The summed E-state index contributed by atoms with van der Waals surface area (Å²) in [5.74, 6) is 4.09. The molecule has 0 aliphatic heterocycles. The lowest BCUT2D eigenvalue weighted by Crippen LogP contribution is -2.32. The van der Waals surface area contributed by atoms with Crippen LogP contribution in [0.5, 0.6) is 0 Å². The van der Waals surface area contributed by atoms with Crippen LogP contribution in [0, 0.1) is 23.7 Å². The van der Waals surface area contributed by atoms with E-state index in [9.17, 15) is 0 Å². The first-order valence-electron chi connectivity index (χ1n) is 6.69. The Hall–Kier alpha value is 0. The van der Waals surface area contributed by atoms with Gasteiger partial charge in [0.15, 0.2) is 0 Å². The molecular formula is C14H28. The highest BCUT2D eigenvalue weighted by atomic mass is 14.4. The highest BCUT2D eigenvalue weighted by molar-refractivity contribution is 4.83. The first-order valence-corrected chi connectivity index (χ1v) is 6.69. The van der Waals surface area contributed by atoms with Gasteiger partial charge < -0.3 is 0 Å². The van der Waals surface area contributed by atoms with E-state index in [1.54, 1.807) is 0 Å². The first kappa shape index (κ1) is 12.1. The average molecular weight is 196 g/mol. The molecule has 0 N–H and O–H groups in total. The second-order valence-corrected chi connectivity index (χ2v) is 5.45. The van der Waals surface area contributed by atoms with E-state index in [0.29, 0.717) is 0 Å². The van der Waals surface area contributed by atoms with Crippen molar-refractivity contribution in [1.29, 1.82) is 0 Å². The van der Waals surface area contributed by atoms with E-state index in [1.807, 2.05) is 0 Å². The van der Waals surface area contributed by atoms with E-state index in [1.165, 1.54) is 38.5 Å². The van der Waals surface area contributed by atoms with Crippen LogP contribution in [0.15, 0.2) is 0 Å². The first-order chi connectivity index (χ1) is 6.69. The Labute approximate surface area is 90.5 Å². The van der Waals surface area contributed by atoms with Crippen molar-refractivity contribution in [1.82, 2.24) is 0 Å². The van der Waals surface area contributed by atoms with E-state index in [4.69, 9.17) is 0 Å². The van der Waals surface area contributed by atoms with Crippen LogP contribution < -0.4 is 0 Å². The van der Waals surface area contributed by atoms with Crippen LogP contribution >= 0.6 is 0 Å². The standard InChI is InChI=1S/C14H28/c1-5-13(6-2)8-7-9-14-10-11(3)12(14)4/h11-14H,5-10H2,1-4H3. The van der Waals surface area contributed by atoms with Gasteiger partial charge in [-0.05, 0) is 30.1 Å². The smallest absolute Gasteiger partial charge is 0.0383 e. The van der Waals surface area contributed by atoms with Gasteiger partial charge in [-0.1, -0.05) is 59.8 Å². The third-order valence-electron chi connectivity index (χ3n) is 4.66. The predicted octanol–water partition coefficient (Wildman–Crippen LogP) is 4.89. The van der Waals surface area contributed by atoms with Crippen LogP contribution in [0.3, 0.4) is 0 Å². The Kier molecular flexibility index (Phi) is 4.98. The molecule has 1 rings (SSSR count). The number of hydrogen-bond acceptors (Lipinski definition) is 0. The minimum atomic E-state index is 1.00. The molecule has 1 fully saturated rings. The maximum absolute atomic E-state index is 2.44. The Morgan fingerprint density at radius 2 is 1.79 bits per heavy atom. The van der Waals surface area contributed by atoms with Crippen LogP contribution in [0.25, 0.3) is 0 Å². The van der Waals surface area contributed by atoms with Gasteiger partial charge in [0.2, 0.25) is 0 Å². The molecule has 1 aliphatic rings. The molecule has 0 aromatic carbocycles. The second-order valence-electron chi connectivity index (χ2n) is 5.45. The lowest BCUT2D eigenvalue weighted by Gasteiger charge is -2.41. The van der Waals surface area contributed by atoms with Crippen molar-refractivity contribution in [2.24, 2.45) is 23.7 Å². The lowest BCUT2D eigenvalue weighted by atomic mass is 9.65. The summed E-state index contributed by atoms with van der Waals surface area (Å²) >= 11 is 0. The molecule has 14 heavy (non-hydrogen) atoms. The monoisotopic (exact) mass is 196 g/mol. The van der Waals surface area contributed by atoms with Gasteiger partial charge >= 0.3 is 0 Å². The zero-order valence-corrected chi connectivity index (χ0v) is 10.6. The summed E-state index contributed by atoms with van der Waals surface area (Å²) in [7, 11) is 0. The maximum atomic E-state index is 2.44. The molecule has 0 amide bonds. The van der Waals surface area contributed by atoms with Crippen molar-refractivity contribution in [3.8, 4) is 0 Å². The minimum Gasteiger partial charge on any atom is -0.0651 e. The zero-order chi connectivity index (χ0) is 10.6. The van der Waals surface area contributed by atoms with Gasteiger partial charge in [-0.15, -0.1) is 0 Å². The van der Waals surface area contributed by atoms with Gasteiger partial charge in [0.25, 0.3) is 0 Å². The van der Waals surface area contributed by atoms with Crippen LogP contribution in [-0.2, 0) is 0 Å². The molecule has 0 heteroatoms. The highest BCUT2D eigenvalue weighted by Crippen LogP contribution is 2.42. The molecule has 0 aromatic rings. The van der Waals surface area contributed by atoms with Gasteiger partial charge in [-0.2, -0.15) is 0 Å². The largest absolute Gasteiger partial charge is 0.0651 e. The van der Waals surface area contributed by atoms with E-state index < -0.39 is 0 Å². The SMILES string of the molecule is CCC(CC)CCCC1CC(C)C1C. The van der Waals surface area contributed by atoms with Crippen LogP contribution in [0.2, 0.25) is 0 Å². The fraction of sp³-hybridized carbons (Fsp3) is 1.00. The Morgan fingerprint density at radius 3 is 2.21 bits per heavy atom. The second kappa shape index (κ2) is 5.78. The number of rotatable bonds is 6. The van der Waals surface area contributed by atoms with E-state index >= 15 is 0 Å². The molecular weight excluding hydrogens is 168 g/mol. The van der Waals surface area contributed by atoms with Gasteiger partial charge in [0.1, 0.15) is 0 Å². The van der Waals surface area contributed by atoms with Crippen molar-refractivity contribution in [2.45, 2.75) is 66.2 Å². The molecule has 0 saturated heterocycles. The molecule has 0 aromatic heterocycles. The highest BCUT2D eigenvalue weighted by Gasteiger charge is 2.33. The molecule has 1 aliphatic carbocycles. The van der Waals surface area contributed by atoms with Crippen LogP contribution in [0.4, 0.5) is 0 Å². The number of hydrogen-bond donors (Lipinski definition) is 0. The summed E-state index contributed by atoms with van der Waals surface area (Å²) in [5, 5.41) is 0. The zero-order valence-electron chi connectivity index (χ0n) is 10.6. The molecule has 0 nitrogen and oxygen atoms in total. The summed E-state index contributed by atoms with van der Waals surface area (Å²) in [5.41, 5.74) is 0. The summed E-state index contributed by atoms with van der Waals surface area (Å²) in [6, 6.07) is 0. The van der Waals surface area contributed by atoms with Crippen molar-refractivity contribution in [3.05, 3.63) is 0 Å². The fourth-order valence-electron chi connectivity index (χ4n) is 2.92. The molecule has 0 heterocycles. The van der Waals surface area contributed by atoms with E-state index in [0.717, 1.165) is 23.7 Å². The predicted molar refractivity (Wildman–Crippen MR) is 64.4 cm³/mol. The van der Waals surface area contributed by atoms with E-state index in [-0.39, 0.29) is 0 Å². The molecule has 0 radical (unpaired) electrons. The normalized spacial score (nSPS) is 31.9. The molecule has 3 atom stereocenters.